The van der Waals surface area contributed by atoms with E-state index in [1.807, 2.05) is 0 Å². The normalized spacial score (nSPS) is 22.1. The van der Waals surface area contributed by atoms with Crippen molar-refractivity contribution >= 4 is 0 Å². The maximum absolute atomic E-state index is 2.46. The van der Waals surface area contributed by atoms with Gasteiger partial charge in [-0.3, -0.25) is 0 Å². The maximum atomic E-state index is 2.46. The summed E-state index contributed by atoms with van der Waals surface area (Å²) in [6, 6.07) is 0. The van der Waals surface area contributed by atoms with Crippen LogP contribution in [0.5, 0.6) is 0 Å². The number of hydrogen-bond acceptors (Lipinski definition) is 0. The SMILES string of the molecule is CC1=C(CC/C(C)=C/C=C/C(C)=C/C=C/C=C(\C)CC/C=C(\C)CCC2=C(C)CCCC2(C)C)[C@@H](C)CCC1. The first-order chi connectivity index (χ1) is 18.5. The number of rotatable bonds is 13. The van der Waals surface area contributed by atoms with Gasteiger partial charge in [0.2, 0.25) is 0 Å². The van der Waals surface area contributed by atoms with Crippen LogP contribution in [-0.2, 0) is 0 Å². The van der Waals surface area contributed by atoms with Gasteiger partial charge in [0.1, 0.15) is 0 Å². The monoisotopic (exact) mass is 528 g/mol. The molecule has 2 rings (SSSR count). The van der Waals surface area contributed by atoms with Crippen LogP contribution in [0, 0.1) is 11.3 Å². The second kappa shape index (κ2) is 16.9. The summed E-state index contributed by atoms with van der Waals surface area (Å²) in [6.07, 6.45) is 33.2. The van der Waals surface area contributed by atoms with Gasteiger partial charge in [-0.15, -0.1) is 0 Å². The molecule has 0 spiro atoms. The number of hydrogen-bond donors (Lipinski definition) is 0. The molecule has 0 aromatic carbocycles. The van der Waals surface area contributed by atoms with E-state index < -0.39 is 0 Å². The molecule has 0 unspecified atom stereocenters. The van der Waals surface area contributed by atoms with E-state index in [0.29, 0.717) is 5.41 Å². The van der Waals surface area contributed by atoms with Gasteiger partial charge in [0.05, 0.1) is 0 Å². The molecule has 0 radical (unpaired) electrons. The van der Waals surface area contributed by atoms with Crippen molar-refractivity contribution in [3.63, 3.8) is 0 Å². The molecular weight excluding hydrogens is 468 g/mol. The molecule has 2 aliphatic carbocycles. The molecule has 0 amide bonds. The minimum absolute atomic E-state index is 0.400. The molecule has 2 aliphatic rings. The van der Waals surface area contributed by atoms with Crippen molar-refractivity contribution in [3.05, 3.63) is 93.2 Å². The zero-order valence-corrected chi connectivity index (χ0v) is 27.2. The van der Waals surface area contributed by atoms with Crippen LogP contribution in [0.15, 0.2) is 93.2 Å². The molecule has 216 valence electrons. The lowest BCUT2D eigenvalue weighted by molar-refractivity contribution is 0.354. The van der Waals surface area contributed by atoms with Gasteiger partial charge in [-0.05, 0) is 130 Å². The second-order valence-electron chi connectivity index (χ2n) is 13.4. The Bertz CT molecular complexity index is 1040. The van der Waals surface area contributed by atoms with Gasteiger partial charge in [-0.25, -0.2) is 0 Å². The van der Waals surface area contributed by atoms with Crippen LogP contribution in [0.1, 0.15) is 139 Å². The van der Waals surface area contributed by atoms with E-state index in [1.54, 1.807) is 27.9 Å². The highest BCUT2D eigenvalue weighted by atomic mass is 14.3. The second-order valence-corrected chi connectivity index (χ2v) is 13.4. The first kappa shape index (κ1) is 33.1. The summed E-state index contributed by atoms with van der Waals surface area (Å²) in [7, 11) is 0. The Labute approximate surface area is 243 Å². The van der Waals surface area contributed by atoms with Crippen molar-refractivity contribution in [2.24, 2.45) is 11.3 Å². The van der Waals surface area contributed by atoms with E-state index in [0.717, 1.165) is 18.8 Å². The zero-order valence-electron chi connectivity index (χ0n) is 27.2. The molecule has 0 heteroatoms. The fraction of sp³-hybridized carbons (Fsp3) is 0.590. The molecule has 0 saturated carbocycles. The van der Waals surface area contributed by atoms with Gasteiger partial charge in [-0.1, -0.05) is 114 Å². The molecule has 0 bridgehead atoms. The fourth-order valence-electron chi connectivity index (χ4n) is 6.43. The Balaban J connectivity index is 1.73. The topological polar surface area (TPSA) is 0 Å². The van der Waals surface area contributed by atoms with Crippen LogP contribution in [0.4, 0.5) is 0 Å². The molecule has 0 heterocycles. The molecule has 0 N–H and O–H groups in total. The average molecular weight is 529 g/mol. The molecule has 39 heavy (non-hydrogen) atoms. The van der Waals surface area contributed by atoms with Gasteiger partial charge < -0.3 is 0 Å². The van der Waals surface area contributed by atoms with Crippen molar-refractivity contribution in [3.8, 4) is 0 Å². The lowest BCUT2D eigenvalue weighted by Crippen LogP contribution is -2.20. The number of allylic oxidation sites excluding steroid dienone is 16. The van der Waals surface area contributed by atoms with Crippen molar-refractivity contribution in [1.29, 1.82) is 0 Å². The van der Waals surface area contributed by atoms with Crippen molar-refractivity contribution in [1.82, 2.24) is 0 Å². The van der Waals surface area contributed by atoms with E-state index in [2.05, 4.69) is 111 Å². The average Bonchev–Trinajstić information content (AvgIpc) is 2.85. The standard InChI is InChI=1S/C39H60/c1-30(18-12-20-32(3)25-27-37-34(5)22-14-23-35(37)6)16-10-11-17-31(2)19-13-21-33(4)26-28-38-36(7)24-15-29-39(38,8)9/h10-12,16-18,20-21,34H,13-15,19,22-29H2,1-9H3/b11-10+,18-12+,30-16+,31-17+,32-20+,33-21+/t34-/m0/s1. The van der Waals surface area contributed by atoms with Crippen LogP contribution in [-0.4, -0.2) is 0 Å². The third-order valence-electron chi connectivity index (χ3n) is 9.20. The van der Waals surface area contributed by atoms with Gasteiger partial charge in [-0.2, -0.15) is 0 Å². The largest absolute Gasteiger partial charge is 0.0853 e. The van der Waals surface area contributed by atoms with Gasteiger partial charge >= 0.3 is 0 Å². The minimum Gasteiger partial charge on any atom is -0.0853 e. The Hall–Kier alpha value is -2.08. The molecule has 0 fully saturated rings. The van der Waals surface area contributed by atoms with Crippen LogP contribution in [0.25, 0.3) is 0 Å². The predicted octanol–water partition coefficient (Wildman–Crippen LogP) is 12.9. The van der Waals surface area contributed by atoms with E-state index in [-0.39, 0.29) is 0 Å². The molecule has 0 nitrogen and oxygen atoms in total. The van der Waals surface area contributed by atoms with E-state index in [1.165, 1.54) is 80.9 Å². The summed E-state index contributed by atoms with van der Waals surface area (Å²) in [5.74, 6) is 0.781. The summed E-state index contributed by atoms with van der Waals surface area (Å²) in [4.78, 5) is 0. The molecule has 0 aromatic rings. The predicted molar refractivity (Wildman–Crippen MR) is 177 cm³/mol. The van der Waals surface area contributed by atoms with Crippen molar-refractivity contribution in [2.45, 2.75) is 139 Å². The van der Waals surface area contributed by atoms with Crippen LogP contribution >= 0.6 is 0 Å². The molecule has 0 saturated heterocycles. The fourth-order valence-corrected chi connectivity index (χ4v) is 6.43. The van der Waals surface area contributed by atoms with E-state index >= 15 is 0 Å². The quantitative estimate of drug-likeness (QED) is 0.165. The van der Waals surface area contributed by atoms with Crippen molar-refractivity contribution in [2.75, 3.05) is 0 Å². The first-order valence-corrected chi connectivity index (χ1v) is 15.9. The van der Waals surface area contributed by atoms with Gasteiger partial charge in [0, 0.05) is 0 Å². The Morgan fingerprint density at radius 2 is 1.41 bits per heavy atom. The summed E-state index contributed by atoms with van der Waals surface area (Å²) in [5, 5.41) is 0. The molecule has 0 aromatic heterocycles. The zero-order chi connectivity index (χ0) is 28.8. The van der Waals surface area contributed by atoms with Gasteiger partial charge in [0.15, 0.2) is 0 Å². The molecule has 0 aliphatic heterocycles. The summed E-state index contributed by atoms with van der Waals surface area (Å²) < 4.78 is 0. The van der Waals surface area contributed by atoms with E-state index in [9.17, 15) is 0 Å². The van der Waals surface area contributed by atoms with Crippen LogP contribution in [0.2, 0.25) is 0 Å². The van der Waals surface area contributed by atoms with Crippen LogP contribution in [0.3, 0.4) is 0 Å². The highest BCUT2D eigenvalue weighted by Crippen LogP contribution is 2.42. The Morgan fingerprint density at radius 1 is 0.769 bits per heavy atom. The van der Waals surface area contributed by atoms with Gasteiger partial charge in [0.25, 0.3) is 0 Å². The first-order valence-electron chi connectivity index (χ1n) is 15.9. The maximum Gasteiger partial charge on any atom is -0.0142 e. The summed E-state index contributed by atoms with van der Waals surface area (Å²) in [6.45, 7) is 21.0. The van der Waals surface area contributed by atoms with Crippen LogP contribution < -0.4 is 0 Å². The Kier molecular flexibility index (Phi) is 14.3. The smallest absolute Gasteiger partial charge is 0.0142 e. The lowest BCUT2D eigenvalue weighted by atomic mass is 9.71. The summed E-state index contributed by atoms with van der Waals surface area (Å²) >= 11 is 0. The molecular formula is C39H60. The summed E-state index contributed by atoms with van der Waals surface area (Å²) in [5.41, 5.74) is 12.9. The highest BCUT2D eigenvalue weighted by molar-refractivity contribution is 5.28. The van der Waals surface area contributed by atoms with E-state index in [4.69, 9.17) is 0 Å². The highest BCUT2D eigenvalue weighted by Gasteiger charge is 2.27. The third kappa shape index (κ3) is 12.3. The Morgan fingerprint density at radius 3 is 2.13 bits per heavy atom. The molecule has 1 atom stereocenters. The third-order valence-corrected chi connectivity index (χ3v) is 9.20. The van der Waals surface area contributed by atoms with Crippen molar-refractivity contribution < 1.29 is 0 Å². The minimum atomic E-state index is 0.400. The lowest BCUT2D eigenvalue weighted by Gasteiger charge is -2.35.